The molecule has 10 rings (SSSR count). The molecule has 0 radical (unpaired) electrons. The third-order valence-corrected chi connectivity index (χ3v) is 16.1. The largest absolute Gasteiger partial charge is 0.311 e. The summed E-state index contributed by atoms with van der Waals surface area (Å²) in [7, 11) is 0. The molecular formula is C59H64BFN2S. The molecule has 0 saturated heterocycles. The Labute approximate surface area is 386 Å². The molecule has 1 aliphatic carbocycles. The number of fused-ring (bicyclic) bond motifs is 7. The van der Waals surface area contributed by atoms with Crippen LogP contribution >= 0.6 is 11.3 Å². The molecule has 0 saturated carbocycles. The molecule has 0 fully saturated rings. The molecule has 1 aromatic heterocycles. The number of hydrogen-bond acceptors (Lipinski definition) is 3. The van der Waals surface area contributed by atoms with Crippen LogP contribution in [0.1, 0.15) is 136 Å². The first kappa shape index (κ1) is 42.8. The van der Waals surface area contributed by atoms with Crippen LogP contribution in [-0.2, 0) is 27.1 Å². The predicted molar refractivity (Wildman–Crippen MR) is 277 cm³/mol. The van der Waals surface area contributed by atoms with E-state index >= 15 is 4.39 Å². The third-order valence-electron chi connectivity index (χ3n) is 14.9. The van der Waals surface area contributed by atoms with Gasteiger partial charge in [-0.05, 0) is 146 Å². The second-order valence-electron chi connectivity index (χ2n) is 23.6. The lowest BCUT2D eigenvalue weighted by molar-refractivity contribution is 0.332. The molecule has 0 atom stereocenters. The molecule has 0 N–H and O–H groups in total. The van der Waals surface area contributed by atoms with Crippen LogP contribution in [0.2, 0.25) is 0 Å². The molecule has 3 heterocycles. The maximum absolute atomic E-state index is 17.1. The lowest BCUT2D eigenvalue weighted by atomic mass is 9.36. The van der Waals surface area contributed by atoms with E-state index in [0.717, 1.165) is 46.0 Å². The number of hydrogen-bond donors (Lipinski definition) is 0. The number of benzene rings is 6. The van der Waals surface area contributed by atoms with Gasteiger partial charge in [-0.3, -0.25) is 0 Å². The Morgan fingerprint density at radius 1 is 0.562 bits per heavy atom. The van der Waals surface area contributed by atoms with Gasteiger partial charge in [0, 0.05) is 43.2 Å². The van der Waals surface area contributed by atoms with Crippen LogP contribution in [0.3, 0.4) is 0 Å². The Kier molecular flexibility index (Phi) is 9.49. The zero-order chi connectivity index (χ0) is 45.6. The van der Waals surface area contributed by atoms with E-state index in [0.29, 0.717) is 0 Å². The number of anilines is 6. The Hall–Kier alpha value is -5.13. The highest BCUT2D eigenvalue weighted by Gasteiger charge is 2.47. The maximum Gasteiger partial charge on any atom is 0.264 e. The molecule has 5 heteroatoms. The minimum absolute atomic E-state index is 0.000123. The fourth-order valence-corrected chi connectivity index (χ4v) is 12.2. The van der Waals surface area contributed by atoms with Crippen LogP contribution in [0.5, 0.6) is 0 Å². The van der Waals surface area contributed by atoms with Gasteiger partial charge in [-0.2, -0.15) is 0 Å². The van der Waals surface area contributed by atoms with Gasteiger partial charge in [0.2, 0.25) is 0 Å². The monoisotopic (exact) mass is 862 g/mol. The van der Waals surface area contributed by atoms with Gasteiger partial charge in [0.25, 0.3) is 6.71 Å². The van der Waals surface area contributed by atoms with Gasteiger partial charge in [0.15, 0.2) is 0 Å². The fraction of sp³-hybridized carbons (Fsp3) is 0.356. The molecule has 2 aliphatic heterocycles. The predicted octanol–water partition coefficient (Wildman–Crippen LogP) is 15.3. The fourth-order valence-electron chi connectivity index (χ4n) is 10.9. The number of thiophene rings is 1. The number of nitrogens with zero attached hydrogens (tertiary/aromatic N) is 2. The van der Waals surface area contributed by atoms with E-state index in [4.69, 9.17) is 0 Å². The second-order valence-corrected chi connectivity index (χ2v) is 24.7. The van der Waals surface area contributed by atoms with Gasteiger partial charge in [-0.1, -0.05) is 150 Å². The first-order valence-electron chi connectivity index (χ1n) is 23.4. The van der Waals surface area contributed by atoms with E-state index in [-0.39, 0.29) is 39.6 Å². The van der Waals surface area contributed by atoms with Crippen molar-refractivity contribution in [2.24, 2.45) is 0 Å². The summed E-state index contributed by atoms with van der Waals surface area (Å²) in [6.07, 6.45) is 2.31. The van der Waals surface area contributed by atoms with Crippen LogP contribution in [0.25, 0.3) is 21.2 Å². The minimum Gasteiger partial charge on any atom is -0.311 e. The van der Waals surface area contributed by atoms with E-state index in [2.05, 4.69) is 204 Å². The number of halogens is 1. The highest BCUT2D eigenvalue weighted by molar-refractivity contribution is 7.33. The molecule has 6 aromatic carbocycles. The summed E-state index contributed by atoms with van der Waals surface area (Å²) in [6, 6.07) is 40.9. The van der Waals surface area contributed by atoms with Crippen LogP contribution < -0.4 is 25.5 Å². The van der Waals surface area contributed by atoms with Crippen LogP contribution in [-0.4, -0.2) is 6.71 Å². The van der Waals surface area contributed by atoms with E-state index in [9.17, 15) is 0 Å². The quantitative estimate of drug-likeness (QED) is 0.163. The zero-order valence-electron chi connectivity index (χ0n) is 40.6. The normalized spacial score (nSPS) is 16.4. The summed E-state index contributed by atoms with van der Waals surface area (Å²) < 4.78 is 19.7. The minimum atomic E-state index is -0.242. The van der Waals surface area contributed by atoms with Crippen molar-refractivity contribution in [1.82, 2.24) is 0 Å². The molecule has 64 heavy (non-hydrogen) atoms. The molecule has 0 bridgehead atoms. The van der Waals surface area contributed by atoms with Crippen LogP contribution in [0.4, 0.5) is 38.5 Å². The van der Waals surface area contributed by atoms with Crippen molar-refractivity contribution in [3.63, 3.8) is 0 Å². The summed E-state index contributed by atoms with van der Waals surface area (Å²) in [4.78, 5) is 4.80. The van der Waals surface area contributed by atoms with Gasteiger partial charge in [-0.15, -0.1) is 11.3 Å². The second kappa shape index (κ2) is 14.2. The maximum atomic E-state index is 17.1. The molecule has 326 valence electrons. The topological polar surface area (TPSA) is 6.48 Å². The van der Waals surface area contributed by atoms with E-state index in [1.54, 1.807) is 6.07 Å². The van der Waals surface area contributed by atoms with E-state index < -0.39 is 0 Å². The Balaban J connectivity index is 1.30. The lowest BCUT2D eigenvalue weighted by Crippen LogP contribution is -2.60. The van der Waals surface area contributed by atoms with Crippen molar-refractivity contribution in [2.45, 2.75) is 137 Å². The van der Waals surface area contributed by atoms with Gasteiger partial charge in [0.1, 0.15) is 5.82 Å². The average molecular weight is 863 g/mol. The van der Waals surface area contributed by atoms with Crippen molar-refractivity contribution < 1.29 is 4.39 Å². The van der Waals surface area contributed by atoms with E-state index in [1.165, 1.54) is 71.3 Å². The zero-order valence-corrected chi connectivity index (χ0v) is 41.4. The molecule has 0 spiro atoms. The Bertz CT molecular complexity index is 3040. The highest BCUT2D eigenvalue weighted by Crippen LogP contribution is 2.52. The van der Waals surface area contributed by atoms with Gasteiger partial charge in [0.05, 0.1) is 11.4 Å². The third kappa shape index (κ3) is 6.78. The number of rotatable bonds is 3. The standard InChI is InChI=1S/C59H64BFN2S/c1-35-15-26-51-43(29-35)53-54(64-51)60-46-32-39(57(8,9)10)20-25-48(46)63(50-34-40(61)33-49(52(50)60)62(53)41-21-17-37(18-22-41)55(2,3)4)47-24-19-38(56(5,6)7)31-42(47)36-16-23-44-45(30-36)59(13,14)28-27-58(44,11)12/h15-26,29-34H,27-28H2,1-14H3. The van der Waals surface area contributed by atoms with E-state index in [1.807, 2.05) is 17.4 Å². The molecular weight excluding hydrogens is 799 g/mol. The Morgan fingerprint density at radius 3 is 1.78 bits per heavy atom. The Morgan fingerprint density at radius 2 is 1.14 bits per heavy atom. The highest BCUT2D eigenvalue weighted by atomic mass is 32.1. The average Bonchev–Trinajstić information content (AvgIpc) is 3.59. The first-order chi connectivity index (χ1) is 29.9. The first-order valence-corrected chi connectivity index (χ1v) is 24.3. The van der Waals surface area contributed by atoms with Crippen molar-refractivity contribution in [3.05, 3.63) is 148 Å². The van der Waals surface area contributed by atoms with Gasteiger partial charge >= 0.3 is 0 Å². The van der Waals surface area contributed by atoms with Gasteiger partial charge < -0.3 is 9.80 Å². The molecule has 3 aliphatic rings. The lowest BCUT2D eigenvalue weighted by Gasteiger charge is -2.44. The summed E-state index contributed by atoms with van der Waals surface area (Å²) in [6.45, 7) is 32.3. The van der Waals surface area contributed by atoms with Crippen molar-refractivity contribution >= 4 is 78.0 Å². The van der Waals surface area contributed by atoms with Crippen molar-refractivity contribution in [3.8, 4) is 11.1 Å². The summed E-state index contributed by atoms with van der Waals surface area (Å²) in [5.74, 6) is -0.242. The SMILES string of the molecule is Cc1ccc2sc3c(c2c1)N(c1ccc(C(C)(C)C)cc1)c1cc(F)cc2c1B3c1cc(C(C)(C)C)ccc1N2c1ccc(C(C)(C)C)cc1-c1ccc2c(c1)C(C)(C)CCC2(C)C. The summed E-state index contributed by atoms with van der Waals surface area (Å²) in [5, 5.41) is 1.21. The van der Waals surface area contributed by atoms with Crippen molar-refractivity contribution in [2.75, 3.05) is 9.80 Å². The summed E-state index contributed by atoms with van der Waals surface area (Å²) in [5.41, 5.74) is 18.9. The summed E-state index contributed by atoms with van der Waals surface area (Å²) >= 11 is 1.89. The molecule has 7 aromatic rings. The van der Waals surface area contributed by atoms with Gasteiger partial charge in [-0.25, -0.2) is 4.39 Å². The smallest absolute Gasteiger partial charge is 0.264 e. The molecule has 2 nitrogen and oxygen atoms in total. The van der Waals surface area contributed by atoms with Crippen LogP contribution in [0, 0.1) is 12.7 Å². The van der Waals surface area contributed by atoms with Crippen molar-refractivity contribution in [1.29, 1.82) is 0 Å². The van der Waals surface area contributed by atoms with Crippen LogP contribution in [0.15, 0.2) is 109 Å². The molecule has 0 unspecified atom stereocenters. The molecule has 0 amide bonds. The number of aryl methyl sites for hydroxylation is 1.